The first-order valence-corrected chi connectivity index (χ1v) is 6.01. The topological polar surface area (TPSA) is 25.4 Å². The Morgan fingerprint density at radius 2 is 1.72 bits per heavy atom. The van der Waals surface area contributed by atoms with Gasteiger partial charge in [0.15, 0.2) is 0 Å². The third-order valence-electron chi connectivity index (χ3n) is 2.88. The molecular weight excluding hydrogens is 245 g/mol. The van der Waals surface area contributed by atoms with E-state index >= 15 is 0 Å². The zero-order valence-corrected chi connectivity index (χ0v) is 9.91. The fourth-order valence-electron chi connectivity index (χ4n) is 2.05. The van der Waals surface area contributed by atoms with Crippen molar-refractivity contribution >= 4 is 5.82 Å². The SMILES string of the molecule is FC(F)(F)Oc1ccc(N2CCCCCC2)nc1. The minimum Gasteiger partial charge on any atom is -0.404 e. The number of ether oxygens (including phenoxy) is 1. The summed E-state index contributed by atoms with van der Waals surface area (Å²) in [6, 6.07) is 2.88. The van der Waals surface area contributed by atoms with Crippen molar-refractivity contribution in [2.75, 3.05) is 18.0 Å². The van der Waals surface area contributed by atoms with Crippen LogP contribution in [0.2, 0.25) is 0 Å². The predicted molar refractivity (Wildman–Crippen MR) is 61.6 cm³/mol. The molecule has 0 saturated carbocycles. The number of nitrogens with zero attached hydrogens (tertiary/aromatic N) is 2. The van der Waals surface area contributed by atoms with Crippen molar-refractivity contribution in [2.24, 2.45) is 0 Å². The molecule has 1 fully saturated rings. The molecule has 0 bridgehead atoms. The van der Waals surface area contributed by atoms with Crippen LogP contribution in [0.4, 0.5) is 19.0 Å². The summed E-state index contributed by atoms with van der Waals surface area (Å²) in [5.74, 6) is 0.437. The first-order chi connectivity index (χ1) is 8.54. The van der Waals surface area contributed by atoms with Gasteiger partial charge in [0.1, 0.15) is 11.6 Å². The molecule has 1 aliphatic rings. The van der Waals surface area contributed by atoms with Gasteiger partial charge in [-0.3, -0.25) is 0 Å². The van der Waals surface area contributed by atoms with Gasteiger partial charge in [-0.15, -0.1) is 13.2 Å². The van der Waals surface area contributed by atoms with Crippen LogP contribution in [0.25, 0.3) is 0 Å². The summed E-state index contributed by atoms with van der Waals surface area (Å²) in [5, 5.41) is 0. The number of pyridine rings is 1. The van der Waals surface area contributed by atoms with E-state index in [0.29, 0.717) is 5.82 Å². The molecule has 0 aromatic carbocycles. The average molecular weight is 260 g/mol. The highest BCUT2D eigenvalue weighted by Crippen LogP contribution is 2.24. The normalized spacial score (nSPS) is 17.4. The maximum absolute atomic E-state index is 12.0. The van der Waals surface area contributed by atoms with E-state index < -0.39 is 6.36 Å². The lowest BCUT2D eigenvalue weighted by Gasteiger charge is -2.21. The molecule has 0 unspecified atom stereocenters. The van der Waals surface area contributed by atoms with Crippen LogP contribution in [-0.4, -0.2) is 24.4 Å². The van der Waals surface area contributed by atoms with E-state index in [4.69, 9.17) is 0 Å². The van der Waals surface area contributed by atoms with Gasteiger partial charge < -0.3 is 9.64 Å². The summed E-state index contributed by atoms with van der Waals surface area (Å²) in [5.41, 5.74) is 0. The fraction of sp³-hybridized carbons (Fsp3) is 0.583. The predicted octanol–water partition coefficient (Wildman–Crippen LogP) is 3.36. The Hall–Kier alpha value is -1.46. The van der Waals surface area contributed by atoms with Crippen molar-refractivity contribution in [3.63, 3.8) is 0 Å². The quantitative estimate of drug-likeness (QED) is 0.815. The molecule has 1 aliphatic heterocycles. The van der Waals surface area contributed by atoms with E-state index in [2.05, 4.69) is 14.6 Å². The zero-order chi connectivity index (χ0) is 13.0. The Balaban J connectivity index is 2.02. The van der Waals surface area contributed by atoms with Gasteiger partial charge in [-0.25, -0.2) is 4.98 Å². The number of hydrogen-bond donors (Lipinski definition) is 0. The Bertz CT molecular complexity index is 370. The molecule has 0 radical (unpaired) electrons. The van der Waals surface area contributed by atoms with Crippen LogP contribution in [0.1, 0.15) is 25.7 Å². The van der Waals surface area contributed by atoms with Gasteiger partial charge in [-0.1, -0.05) is 12.8 Å². The zero-order valence-electron chi connectivity index (χ0n) is 9.91. The van der Waals surface area contributed by atoms with E-state index in [-0.39, 0.29) is 5.75 Å². The number of alkyl halides is 3. The number of aromatic nitrogens is 1. The molecule has 1 aromatic heterocycles. The van der Waals surface area contributed by atoms with Crippen molar-refractivity contribution in [3.05, 3.63) is 18.3 Å². The monoisotopic (exact) mass is 260 g/mol. The average Bonchev–Trinajstić information content (AvgIpc) is 2.56. The maximum Gasteiger partial charge on any atom is 0.573 e. The summed E-state index contributed by atoms with van der Waals surface area (Å²) in [4.78, 5) is 6.13. The Morgan fingerprint density at radius 1 is 1.06 bits per heavy atom. The van der Waals surface area contributed by atoms with Gasteiger partial charge in [0.05, 0.1) is 6.20 Å². The van der Waals surface area contributed by atoms with Gasteiger partial charge in [0, 0.05) is 13.1 Å². The van der Waals surface area contributed by atoms with Crippen LogP contribution in [-0.2, 0) is 0 Å². The molecule has 100 valence electrons. The van der Waals surface area contributed by atoms with Gasteiger partial charge in [-0.05, 0) is 25.0 Å². The lowest BCUT2D eigenvalue weighted by atomic mass is 10.2. The van der Waals surface area contributed by atoms with E-state index in [1.807, 2.05) is 0 Å². The first kappa shape index (κ1) is 13.0. The van der Waals surface area contributed by atoms with Crippen LogP contribution in [0, 0.1) is 0 Å². The molecule has 0 aliphatic carbocycles. The summed E-state index contributed by atoms with van der Waals surface area (Å²) in [7, 11) is 0. The Labute approximate surface area is 104 Å². The molecule has 1 saturated heterocycles. The maximum atomic E-state index is 12.0. The highest BCUT2D eigenvalue weighted by Gasteiger charge is 2.31. The van der Waals surface area contributed by atoms with Crippen LogP contribution in [0.3, 0.4) is 0 Å². The third kappa shape index (κ3) is 3.78. The Kier molecular flexibility index (Phi) is 3.93. The fourth-order valence-corrected chi connectivity index (χ4v) is 2.05. The molecule has 0 N–H and O–H groups in total. The van der Waals surface area contributed by atoms with Crippen LogP contribution < -0.4 is 9.64 Å². The molecule has 3 nitrogen and oxygen atoms in total. The van der Waals surface area contributed by atoms with Crippen molar-refractivity contribution < 1.29 is 17.9 Å². The number of anilines is 1. The van der Waals surface area contributed by atoms with Crippen LogP contribution in [0.5, 0.6) is 5.75 Å². The lowest BCUT2D eigenvalue weighted by molar-refractivity contribution is -0.274. The second-order valence-corrected chi connectivity index (χ2v) is 4.30. The largest absolute Gasteiger partial charge is 0.573 e. The number of rotatable bonds is 2. The number of halogens is 3. The van der Waals surface area contributed by atoms with Crippen molar-refractivity contribution in [1.29, 1.82) is 0 Å². The van der Waals surface area contributed by atoms with E-state index in [0.717, 1.165) is 32.1 Å². The van der Waals surface area contributed by atoms with Crippen molar-refractivity contribution in [2.45, 2.75) is 32.0 Å². The summed E-state index contributed by atoms with van der Waals surface area (Å²) < 4.78 is 39.8. The molecule has 6 heteroatoms. The van der Waals surface area contributed by atoms with Gasteiger partial charge in [0.25, 0.3) is 0 Å². The van der Waals surface area contributed by atoms with E-state index in [9.17, 15) is 13.2 Å². The first-order valence-electron chi connectivity index (χ1n) is 6.01. The molecule has 1 aromatic rings. The van der Waals surface area contributed by atoms with E-state index in [1.54, 1.807) is 6.07 Å². The summed E-state index contributed by atoms with van der Waals surface area (Å²) >= 11 is 0. The molecule has 2 heterocycles. The minimum absolute atomic E-state index is 0.277. The summed E-state index contributed by atoms with van der Waals surface area (Å²) in [6.07, 6.45) is 1.06. The highest BCUT2D eigenvalue weighted by molar-refractivity contribution is 5.40. The van der Waals surface area contributed by atoms with Crippen LogP contribution >= 0.6 is 0 Å². The minimum atomic E-state index is -4.66. The van der Waals surface area contributed by atoms with Gasteiger partial charge in [-0.2, -0.15) is 0 Å². The second-order valence-electron chi connectivity index (χ2n) is 4.30. The molecule has 0 amide bonds. The van der Waals surface area contributed by atoms with Gasteiger partial charge >= 0.3 is 6.36 Å². The second kappa shape index (κ2) is 5.46. The van der Waals surface area contributed by atoms with Crippen molar-refractivity contribution in [1.82, 2.24) is 4.98 Å². The number of hydrogen-bond acceptors (Lipinski definition) is 3. The van der Waals surface area contributed by atoms with E-state index in [1.165, 1.54) is 18.9 Å². The molecule has 2 rings (SSSR count). The lowest BCUT2D eigenvalue weighted by Crippen LogP contribution is -2.24. The van der Waals surface area contributed by atoms with Gasteiger partial charge in [0.2, 0.25) is 0 Å². The smallest absolute Gasteiger partial charge is 0.404 e. The van der Waals surface area contributed by atoms with Crippen molar-refractivity contribution in [3.8, 4) is 5.75 Å². The molecule has 0 spiro atoms. The molecule has 18 heavy (non-hydrogen) atoms. The molecule has 0 atom stereocenters. The standard InChI is InChI=1S/C12H15F3N2O/c13-12(14,15)18-10-5-6-11(16-9-10)17-7-3-1-2-4-8-17/h5-6,9H,1-4,7-8H2. The highest BCUT2D eigenvalue weighted by atomic mass is 19.4. The third-order valence-corrected chi connectivity index (χ3v) is 2.88. The van der Waals surface area contributed by atoms with Crippen LogP contribution in [0.15, 0.2) is 18.3 Å². The Morgan fingerprint density at radius 3 is 2.22 bits per heavy atom. The summed E-state index contributed by atoms with van der Waals surface area (Å²) in [6.45, 7) is 1.82. The molecular formula is C12H15F3N2O.